The lowest BCUT2D eigenvalue weighted by Gasteiger charge is -2.12. The summed E-state index contributed by atoms with van der Waals surface area (Å²) < 4.78 is 6.65. The van der Waals surface area contributed by atoms with Crippen LogP contribution in [0.25, 0.3) is 0 Å². The van der Waals surface area contributed by atoms with Crippen molar-refractivity contribution in [3.05, 3.63) is 36.3 Å². The van der Waals surface area contributed by atoms with E-state index in [9.17, 15) is 0 Å². The molecule has 0 amide bonds. The molecule has 2 aromatic rings. The number of furan rings is 1. The summed E-state index contributed by atoms with van der Waals surface area (Å²) in [5, 5.41) is 3.97. The number of rotatable bonds is 3. The Morgan fingerprint density at radius 3 is 3.00 bits per heavy atom. The molecule has 2 aromatic heterocycles. The first-order valence-electron chi connectivity index (χ1n) is 4.15. The third-order valence-electron chi connectivity index (χ3n) is 2.05. The smallest absolute Gasteiger partial charge is 0.149 e. The van der Waals surface area contributed by atoms with Gasteiger partial charge >= 0.3 is 0 Å². The van der Waals surface area contributed by atoms with Crippen molar-refractivity contribution in [2.24, 2.45) is 12.9 Å². The van der Waals surface area contributed by atoms with Crippen LogP contribution >= 0.6 is 0 Å². The SMILES string of the molecule is Cn1ncnc1C(NN)c1ccoc1. The molecule has 1 unspecified atom stereocenters. The van der Waals surface area contributed by atoms with Crippen molar-refractivity contribution in [2.75, 3.05) is 0 Å². The predicted octanol–water partition coefficient (Wildman–Crippen LogP) is -0.0392. The minimum atomic E-state index is -0.193. The third kappa shape index (κ3) is 1.40. The molecule has 0 aliphatic heterocycles. The highest BCUT2D eigenvalue weighted by molar-refractivity contribution is 5.19. The summed E-state index contributed by atoms with van der Waals surface area (Å²) in [6.07, 6.45) is 4.70. The molecular formula is C8H11N5O. The van der Waals surface area contributed by atoms with Crippen LogP contribution in [0.1, 0.15) is 17.4 Å². The van der Waals surface area contributed by atoms with E-state index in [0.29, 0.717) is 0 Å². The third-order valence-corrected chi connectivity index (χ3v) is 2.05. The lowest BCUT2D eigenvalue weighted by molar-refractivity contribution is 0.534. The van der Waals surface area contributed by atoms with Crippen LogP contribution in [-0.4, -0.2) is 14.8 Å². The predicted molar refractivity (Wildman–Crippen MR) is 48.9 cm³/mol. The highest BCUT2D eigenvalue weighted by Crippen LogP contribution is 2.18. The molecule has 0 aromatic carbocycles. The number of hydrazine groups is 1. The first-order chi connectivity index (χ1) is 6.83. The monoisotopic (exact) mass is 193 g/mol. The molecule has 0 spiro atoms. The zero-order chi connectivity index (χ0) is 9.97. The van der Waals surface area contributed by atoms with Gasteiger partial charge in [0.25, 0.3) is 0 Å². The fourth-order valence-corrected chi connectivity index (χ4v) is 1.33. The number of nitrogens with zero attached hydrogens (tertiary/aromatic N) is 3. The van der Waals surface area contributed by atoms with Crippen molar-refractivity contribution in [3.63, 3.8) is 0 Å². The van der Waals surface area contributed by atoms with E-state index in [4.69, 9.17) is 10.3 Å². The maximum Gasteiger partial charge on any atom is 0.149 e. The van der Waals surface area contributed by atoms with Gasteiger partial charge in [0.05, 0.1) is 12.5 Å². The van der Waals surface area contributed by atoms with E-state index >= 15 is 0 Å². The van der Waals surface area contributed by atoms with Gasteiger partial charge in [-0.15, -0.1) is 0 Å². The van der Waals surface area contributed by atoms with Gasteiger partial charge < -0.3 is 4.42 Å². The van der Waals surface area contributed by atoms with Gasteiger partial charge in [0.15, 0.2) is 0 Å². The summed E-state index contributed by atoms with van der Waals surface area (Å²) in [5.74, 6) is 6.20. The minimum Gasteiger partial charge on any atom is -0.472 e. The molecule has 74 valence electrons. The van der Waals surface area contributed by atoms with E-state index in [1.165, 1.54) is 6.33 Å². The number of nitrogens with two attached hydrogens (primary N) is 1. The van der Waals surface area contributed by atoms with Crippen LogP contribution in [0.15, 0.2) is 29.3 Å². The summed E-state index contributed by atoms with van der Waals surface area (Å²) in [6.45, 7) is 0. The quantitative estimate of drug-likeness (QED) is 0.528. The second kappa shape index (κ2) is 3.60. The normalized spacial score (nSPS) is 13.0. The lowest BCUT2D eigenvalue weighted by atomic mass is 10.1. The summed E-state index contributed by atoms with van der Waals surface area (Å²) >= 11 is 0. The Morgan fingerprint density at radius 2 is 2.50 bits per heavy atom. The van der Waals surface area contributed by atoms with E-state index in [1.807, 2.05) is 13.1 Å². The van der Waals surface area contributed by atoms with Crippen molar-refractivity contribution in [3.8, 4) is 0 Å². The molecule has 3 N–H and O–H groups in total. The molecule has 0 radical (unpaired) electrons. The van der Waals surface area contributed by atoms with Gasteiger partial charge in [-0.3, -0.25) is 10.5 Å². The Hall–Kier alpha value is -1.66. The lowest BCUT2D eigenvalue weighted by Crippen LogP contribution is -2.30. The standard InChI is InChI=1S/C8H11N5O/c1-13-8(10-5-11-13)7(12-9)6-2-3-14-4-6/h2-5,7,12H,9H2,1H3. The zero-order valence-corrected chi connectivity index (χ0v) is 7.71. The van der Waals surface area contributed by atoms with Gasteiger partial charge in [-0.05, 0) is 6.07 Å². The Labute approximate surface area is 80.7 Å². The summed E-state index contributed by atoms with van der Waals surface area (Å²) in [4.78, 5) is 4.11. The molecule has 0 aliphatic carbocycles. The van der Waals surface area contributed by atoms with Gasteiger partial charge in [0.2, 0.25) is 0 Å². The van der Waals surface area contributed by atoms with Crippen molar-refractivity contribution in [1.82, 2.24) is 20.2 Å². The molecule has 0 fully saturated rings. The molecule has 6 nitrogen and oxygen atoms in total. The number of hydrogen-bond acceptors (Lipinski definition) is 5. The molecule has 1 atom stereocenters. The molecule has 0 saturated carbocycles. The van der Waals surface area contributed by atoms with Gasteiger partial charge in [0.1, 0.15) is 18.2 Å². The van der Waals surface area contributed by atoms with E-state index in [1.54, 1.807) is 17.2 Å². The van der Waals surface area contributed by atoms with Crippen molar-refractivity contribution < 1.29 is 4.42 Å². The van der Waals surface area contributed by atoms with E-state index in [2.05, 4.69) is 15.5 Å². The average Bonchev–Trinajstić information content (AvgIpc) is 2.80. The Kier molecular flexibility index (Phi) is 2.30. The molecule has 0 bridgehead atoms. The molecule has 6 heteroatoms. The number of aromatic nitrogens is 3. The topological polar surface area (TPSA) is 81.9 Å². The summed E-state index contributed by atoms with van der Waals surface area (Å²) in [6, 6.07) is 1.64. The van der Waals surface area contributed by atoms with E-state index < -0.39 is 0 Å². The first kappa shape index (κ1) is 8.92. The number of aryl methyl sites for hydroxylation is 1. The zero-order valence-electron chi connectivity index (χ0n) is 7.71. The van der Waals surface area contributed by atoms with Crippen LogP contribution in [0, 0.1) is 0 Å². The van der Waals surface area contributed by atoms with Gasteiger partial charge in [-0.1, -0.05) is 0 Å². The van der Waals surface area contributed by atoms with Crippen molar-refractivity contribution in [1.29, 1.82) is 0 Å². The number of hydrogen-bond donors (Lipinski definition) is 2. The Bertz CT molecular complexity index is 394. The molecular weight excluding hydrogens is 182 g/mol. The summed E-state index contributed by atoms with van der Waals surface area (Å²) in [5.41, 5.74) is 3.58. The van der Waals surface area contributed by atoms with Crippen LogP contribution in [0.5, 0.6) is 0 Å². The van der Waals surface area contributed by atoms with Crippen LogP contribution in [-0.2, 0) is 7.05 Å². The maximum absolute atomic E-state index is 5.45. The molecule has 2 rings (SSSR count). The van der Waals surface area contributed by atoms with Crippen LogP contribution in [0.2, 0.25) is 0 Å². The molecule has 0 saturated heterocycles. The Balaban J connectivity index is 2.36. The largest absolute Gasteiger partial charge is 0.472 e. The van der Waals surface area contributed by atoms with Gasteiger partial charge in [0, 0.05) is 12.6 Å². The maximum atomic E-state index is 5.45. The van der Waals surface area contributed by atoms with Crippen LogP contribution < -0.4 is 11.3 Å². The second-order valence-corrected chi connectivity index (χ2v) is 2.90. The fourth-order valence-electron chi connectivity index (χ4n) is 1.33. The van der Waals surface area contributed by atoms with Crippen molar-refractivity contribution in [2.45, 2.75) is 6.04 Å². The van der Waals surface area contributed by atoms with E-state index in [0.717, 1.165) is 11.4 Å². The van der Waals surface area contributed by atoms with E-state index in [-0.39, 0.29) is 6.04 Å². The second-order valence-electron chi connectivity index (χ2n) is 2.90. The first-order valence-corrected chi connectivity index (χ1v) is 4.15. The average molecular weight is 193 g/mol. The van der Waals surface area contributed by atoms with Gasteiger partial charge in [-0.25, -0.2) is 10.4 Å². The Morgan fingerprint density at radius 1 is 1.64 bits per heavy atom. The minimum absolute atomic E-state index is 0.193. The fraction of sp³-hybridized carbons (Fsp3) is 0.250. The van der Waals surface area contributed by atoms with Gasteiger partial charge in [-0.2, -0.15) is 5.10 Å². The van der Waals surface area contributed by atoms with Crippen LogP contribution in [0.4, 0.5) is 0 Å². The molecule has 14 heavy (non-hydrogen) atoms. The highest BCUT2D eigenvalue weighted by atomic mass is 16.3. The molecule has 0 aliphatic rings. The summed E-state index contributed by atoms with van der Waals surface area (Å²) in [7, 11) is 1.81. The van der Waals surface area contributed by atoms with Crippen molar-refractivity contribution >= 4 is 0 Å². The van der Waals surface area contributed by atoms with Crippen LogP contribution in [0.3, 0.4) is 0 Å². The molecule has 2 heterocycles. The highest BCUT2D eigenvalue weighted by Gasteiger charge is 2.17. The number of nitrogens with one attached hydrogen (secondary N) is 1.